The first-order valence-electron chi connectivity index (χ1n) is 7.94. The number of methoxy groups -OCH3 is 1. The minimum atomic E-state index is -0.407. The Morgan fingerprint density at radius 1 is 1.22 bits per heavy atom. The van der Waals surface area contributed by atoms with Crippen LogP contribution in [0.15, 0.2) is 18.2 Å². The van der Waals surface area contributed by atoms with Crippen molar-refractivity contribution in [3.63, 3.8) is 0 Å². The Morgan fingerprint density at radius 3 is 2.65 bits per heavy atom. The highest BCUT2D eigenvalue weighted by Crippen LogP contribution is 2.46. The van der Waals surface area contributed by atoms with Gasteiger partial charge >= 0.3 is 0 Å². The van der Waals surface area contributed by atoms with Gasteiger partial charge in [-0.1, -0.05) is 12.1 Å². The highest BCUT2D eigenvalue weighted by atomic mass is 16.5. The summed E-state index contributed by atoms with van der Waals surface area (Å²) in [7, 11) is 1.65. The predicted molar refractivity (Wildman–Crippen MR) is 90.4 cm³/mol. The summed E-state index contributed by atoms with van der Waals surface area (Å²) in [6.07, 6.45) is 1.74. The number of ether oxygens (including phenoxy) is 2. The fraction of sp³-hybridized carbons (Fsp3) is 0.400. The van der Waals surface area contributed by atoms with Crippen molar-refractivity contribution in [3.05, 3.63) is 52.1 Å². The number of fused-ring (bicyclic) bond motifs is 1. The zero-order valence-electron chi connectivity index (χ0n) is 14.4. The molecule has 3 heteroatoms. The molecule has 1 unspecified atom stereocenters. The minimum Gasteiger partial charge on any atom is -0.507 e. The highest BCUT2D eigenvalue weighted by molar-refractivity contribution is 5.58. The Morgan fingerprint density at radius 2 is 1.96 bits per heavy atom. The van der Waals surface area contributed by atoms with Gasteiger partial charge < -0.3 is 14.6 Å². The summed E-state index contributed by atoms with van der Waals surface area (Å²) in [6, 6.07) is 8.95. The van der Waals surface area contributed by atoms with Crippen LogP contribution in [0, 0.1) is 26.8 Å². The van der Waals surface area contributed by atoms with E-state index in [-0.39, 0.29) is 0 Å². The Balaban J connectivity index is 2.08. The summed E-state index contributed by atoms with van der Waals surface area (Å²) < 4.78 is 11.8. The summed E-state index contributed by atoms with van der Waals surface area (Å²) in [5.74, 6) is 2.02. The second-order valence-electron chi connectivity index (χ2n) is 6.51. The van der Waals surface area contributed by atoms with Gasteiger partial charge in [0.25, 0.3) is 0 Å². The molecule has 1 atom stereocenters. The van der Waals surface area contributed by atoms with Crippen LogP contribution >= 0.6 is 0 Å². The Bertz CT molecular complexity index is 764. The molecule has 1 aliphatic rings. The second kappa shape index (κ2) is 5.48. The first kappa shape index (κ1) is 15.7. The first-order chi connectivity index (χ1) is 10.9. The maximum Gasteiger partial charge on any atom is 0.132 e. The molecule has 3 nitrogen and oxygen atoms in total. The van der Waals surface area contributed by atoms with Crippen molar-refractivity contribution in [2.24, 2.45) is 0 Å². The first-order valence-corrected chi connectivity index (χ1v) is 7.94. The third-order valence-electron chi connectivity index (χ3n) is 5.13. The molecule has 3 rings (SSSR count). The van der Waals surface area contributed by atoms with Crippen LogP contribution in [0.5, 0.6) is 17.2 Å². The number of aromatic hydroxyl groups is 1. The van der Waals surface area contributed by atoms with Crippen molar-refractivity contribution >= 4 is 0 Å². The molecule has 121 valence electrons. The molecule has 0 aliphatic carbocycles. The van der Waals surface area contributed by atoms with Gasteiger partial charge in [0.15, 0.2) is 0 Å². The van der Waals surface area contributed by atoms with Crippen LogP contribution in [0.3, 0.4) is 0 Å². The summed E-state index contributed by atoms with van der Waals surface area (Å²) >= 11 is 0. The van der Waals surface area contributed by atoms with Crippen molar-refractivity contribution in [1.29, 1.82) is 0 Å². The lowest BCUT2D eigenvalue weighted by molar-refractivity contribution is 0.0609. The average molecular weight is 311 g/mol. The molecule has 0 fully saturated rings. The van der Waals surface area contributed by atoms with Gasteiger partial charge in [0.05, 0.1) is 7.11 Å². The normalized spacial score (nSPS) is 19.9. The van der Waals surface area contributed by atoms with Gasteiger partial charge in [-0.3, -0.25) is 0 Å². The third-order valence-corrected chi connectivity index (χ3v) is 5.13. The van der Waals surface area contributed by atoms with E-state index in [9.17, 15) is 5.11 Å². The predicted octanol–water partition coefficient (Wildman–Crippen LogP) is 4.37. The fourth-order valence-electron chi connectivity index (χ4n) is 3.34. The molecule has 1 N–H and O–H groups in total. The van der Waals surface area contributed by atoms with E-state index in [2.05, 4.69) is 13.0 Å². The van der Waals surface area contributed by atoms with Crippen LogP contribution in [-0.2, 0) is 12.0 Å². The zero-order chi connectivity index (χ0) is 16.8. The molecule has 0 bridgehead atoms. The van der Waals surface area contributed by atoms with Crippen molar-refractivity contribution in [2.45, 2.75) is 46.1 Å². The monoisotopic (exact) mass is 311 g/mol. The second-order valence-corrected chi connectivity index (χ2v) is 6.51. The summed E-state index contributed by atoms with van der Waals surface area (Å²) in [6.45, 7) is 8.03. The lowest BCUT2D eigenvalue weighted by Crippen LogP contribution is -2.34. The highest BCUT2D eigenvalue weighted by Gasteiger charge is 2.36. The molecule has 2 aromatic rings. The molecule has 0 saturated heterocycles. The van der Waals surface area contributed by atoms with Gasteiger partial charge in [-0.25, -0.2) is 0 Å². The summed E-state index contributed by atoms with van der Waals surface area (Å²) in [4.78, 5) is 0. The standard InChI is InChI=1S/C20H23O3/c1-12-13(2)19-17(14(3)18(12)21)9-10-20(4,23-19)15-7-6-8-16(11-15)22-5/h6-7,11,21H,9-10H2,1-5H3. The number of phenolic OH excluding ortho intramolecular Hbond substituents is 1. The van der Waals surface area contributed by atoms with Gasteiger partial charge in [-0.2, -0.15) is 0 Å². The number of hydrogen-bond acceptors (Lipinski definition) is 3. The van der Waals surface area contributed by atoms with E-state index < -0.39 is 5.60 Å². The van der Waals surface area contributed by atoms with Crippen LogP contribution in [0.4, 0.5) is 0 Å². The van der Waals surface area contributed by atoms with Gasteiger partial charge in [-0.05, 0) is 68.9 Å². The van der Waals surface area contributed by atoms with Gasteiger partial charge in [0, 0.05) is 11.6 Å². The van der Waals surface area contributed by atoms with Crippen molar-refractivity contribution in [2.75, 3.05) is 7.11 Å². The minimum absolute atomic E-state index is 0.393. The Kier molecular flexibility index (Phi) is 3.75. The van der Waals surface area contributed by atoms with Crippen molar-refractivity contribution in [3.8, 4) is 17.2 Å². The molecule has 23 heavy (non-hydrogen) atoms. The topological polar surface area (TPSA) is 38.7 Å². The molecule has 1 aliphatic heterocycles. The maximum absolute atomic E-state index is 10.3. The van der Waals surface area contributed by atoms with E-state index in [4.69, 9.17) is 9.47 Å². The van der Waals surface area contributed by atoms with E-state index >= 15 is 0 Å². The van der Waals surface area contributed by atoms with Crippen LogP contribution in [0.1, 0.15) is 41.2 Å². The van der Waals surface area contributed by atoms with Crippen LogP contribution in [-0.4, -0.2) is 12.2 Å². The zero-order valence-corrected chi connectivity index (χ0v) is 14.4. The number of phenols is 1. The summed E-state index contributed by atoms with van der Waals surface area (Å²) in [5.41, 5.74) is 4.65. The molecule has 0 aromatic heterocycles. The number of hydrogen-bond donors (Lipinski definition) is 1. The van der Waals surface area contributed by atoms with Gasteiger partial charge in [0.1, 0.15) is 22.8 Å². The Labute approximate surface area is 137 Å². The molecular weight excluding hydrogens is 288 g/mol. The quantitative estimate of drug-likeness (QED) is 0.895. The van der Waals surface area contributed by atoms with Crippen LogP contribution in [0.2, 0.25) is 0 Å². The van der Waals surface area contributed by atoms with E-state index in [1.165, 1.54) is 0 Å². The SMILES string of the molecule is COc1[c]ccc(C2(C)CCc3c(C)c(O)c(C)c(C)c3O2)c1. The lowest BCUT2D eigenvalue weighted by Gasteiger charge is -2.38. The molecular formula is C20H23O3. The number of rotatable bonds is 2. The van der Waals surface area contributed by atoms with Gasteiger partial charge in [0.2, 0.25) is 0 Å². The molecule has 0 spiro atoms. The van der Waals surface area contributed by atoms with Crippen LogP contribution in [0.25, 0.3) is 0 Å². The fourth-order valence-corrected chi connectivity index (χ4v) is 3.34. The maximum atomic E-state index is 10.3. The van der Waals surface area contributed by atoms with E-state index in [1.54, 1.807) is 7.11 Å². The molecule has 0 amide bonds. The molecule has 1 heterocycles. The average Bonchev–Trinajstić information content (AvgIpc) is 2.58. The summed E-state index contributed by atoms with van der Waals surface area (Å²) in [5, 5.41) is 10.3. The Hall–Kier alpha value is -2.16. The van der Waals surface area contributed by atoms with E-state index in [0.717, 1.165) is 46.4 Å². The van der Waals surface area contributed by atoms with Crippen molar-refractivity contribution < 1.29 is 14.6 Å². The molecule has 2 aromatic carbocycles. The van der Waals surface area contributed by atoms with Crippen LogP contribution < -0.4 is 9.47 Å². The van der Waals surface area contributed by atoms with E-state index in [0.29, 0.717) is 11.5 Å². The smallest absolute Gasteiger partial charge is 0.132 e. The molecule has 0 saturated carbocycles. The van der Waals surface area contributed by atoms with Crippen molar-refractivity contribution in [1.82, 2.24) is 0 Å². The molecule has 1 radical (unpaired) electrons. The third kappa shape index (κ3) is 2.44. The largest absolute Gasteiger partial charge is 0.507 e. The lowest BCUT2D eigenvalue weighted by atomic mass is 9.83. The number of benzene rings is 2. The van der Waals surface area contributed by atoms with Gasteiger partial charge in [-0.15, -0.1) is 0 Å². The van der Waals surface area contributed by atoms with E-state index in [1.807, 2.05) is 39.0 Å².